The zero-order valence-corrected chi connectivity index (χ0v) is 14.3. The molecule has 1 amide bonds. The molecule has 3 rings (SSSR count). The van der Waals surface area contributed by atoms with Gasteiger partial charge in [0.25, 0.3) is 5.91 Å². The van der Waals surface area contributed by atoms with E-state index in [1.54, 1.807) is 0 Å². The van der Waals surface area contributed by atoms with Gasteiger partial charge in [0.05, 0.1) is 24.8 Å². The quantitative estimate of drug-likeness (QED) is 0.920. The van der Waals surface area contributed by atoms with Crippen LogP contribution in [-0.4, -0.2) is 66.2 Å². The molecule has 0 aromatic heterocycles. The molecule has 1 atom stereocenters. The summed E-state index contributed by atoms with van der Waals surface area (Å²) < 4.78 is 19.8. The maximum Gasteiger partial charge on any atom is 0.254 e. The average molecular weight is 336 g/mol. The lowest BCUT2D eigenvalue weighted by Crippen LogP contribution is -2.59. The summed E-state index contributed by atoms with van der Waals surface area (Å²) in [4.78, 5) is 16.9. The lowest BCUT2D eigenvalue weighted by molar-refractivity contribution is -0.121. The Balaban J connectivity index is 1.85. The number of ether oxygens (including phenoxy) is 1. The van der Waals surface area contributed by atoms with Crippen LogP contribution in [0.5, 0.6) is 5.75 Å². The molecule has 1 aliphatic heterocycles. The fourth-order valence-corrected chi connectivity index (χ4v) is 3.79. The van der Waals surface area contributed by atoms with E-state index in [1.165, 1.54) is 12.1 Å². The molecule has 1 saturated carbocycles. The van der Waals surface area contributed by atoms with Crippen molar-refractivity contribution in [3.05, 3.63) is 29.6 Å². The SMILES string of the molecule is CN(C)CC1COC2(CCCC2)CN1C(=O)c1ccc(O)c(F)c1. The number of phenols is 1. The van der Waals surface area contributed by atoms with Gasteiger partial charge in [-0.2, -0.15) is 0 Å². The zero-order valence-electron chi connectivity index (χ0n) is 14.3. The van der Waals surface area contributed by atoms with Gasteiger partial charge in [0, 0.05) is 12.1 Å². The third-order valence-corrected chi connectivity index (χ3v) is 5.03. The van der Waals surface area contributed by atoms with Crippen LogP contribution in [0.3, 0.4) is 0 Å². The minimum absolute atomic E-state index is 0.0596. The van der Waals surface area contributed by atoms with Gasteiger partial charge < -0.3 is 19.6 Å². The van der Waals surface area contributed by atoms with Gasteiger partial charge in [-0.1, -0.05) is 12.8 Å². The van der Waals surface area contributed by atoms with Gasteiger partial charge in [-0.05, 0) is 45.1 Å². The van der Waals surface area contributed by atoms with Crippen molar-refractivity contribution < 1.29 is 19.0 Å². The summed E-state index contributed by atoms with van der Waals surface area (Å²) in [6.07, 6.45) is 4.17. The molecule has 0 radical (unpaired) electrons. The van der Waals surface area contributed by atoms with Crippen molar-refractivity contribution in [2.75, 3.05) is 33.8 Å². The van der Waals surface area contributed by atoms with E-state index >= 15 is 0 Å². The number of carbonyl (C=O) groups excluding carboxylic acids is 1. The predicted molar refractivity (Wildman–Crippen MR) is 88.6 cm³/mol. The first-order chi connectivity index (χ1) is 11.4. The van der Waals surface area contributed by atoms with Gasteiger partial charge in [0.1, 0.15) is 0 Å². The number of amides is 1. The number of carbonyl (C=O) groups is 1. The molecule has 2 fully saturated rings. The van der Waals surface area contributed by atoms with Crippen LogP contribution in [-0.2, 0) is 4.74 Å². The Morgan fingerprint density at radius 1 is 1.42 bits per heavy atom. The van der Waals surface area contributed by atoms with Crippen LogP contribution < -0.4 is 0 Å². The molecule has 1 aromatic carbocycles. The summed E-state index contributed by atoms with van der Waals surface area (Å²) >= 11 is 0. The van der Waals surface area contributed by atoms with Crippen molar-refractivity contribution in [2.45, 2.75) is 37.3 Å². The predicted octanol–water partition coefficient (Wildman–Crippen LogP) is 2.25. The van der Waals surface area contributed by atoms with Crippen molar-refractivity contribution in [2.24, 2.45) is 0 Å². The lowest BCUT2D eigenvalue weighted by atomic mass is 9.96. The Morgan fingerprint density at radius 3 is 2.75 bits per heavy atom. The smallest absolute Gasteiger partial charge is 0.254 e. The summed E-state index contributed by atoms with van der Waals surface area (Å²) in [5, 5.41) is 9.35. The highest BCUT2D eigenvalue weighted by molar-refractivity contribution is 5.94. The van der Waals surface area contributed by atoms with Crippen LogP contribution in [0.2, 0.25) is 0 Å². The highest BCUT2D eigenvalue weighted by Gasteiger charge is 2.44. The largest absolute Gasteiger partial charge is 0.505 e. The van der Waals surface area contributed by atoms with Crippen LogP contribution in [0.1, 0.15) is 36.0 Å². The summed E-state index contributed by atoms with van der Waals surface area (Å²) in [6, 6.07) is 3.76. The molecule has 0 bridgehead atoms. The molecule has 1 spiro atoms. The van der Waals surface area contributed by atoms with Crippen molar-refractivity contribution >= 4 is 5.91 Å². The first kappa shape index (κ1) is 17.2. The van der Waals surface area contributed by atoms with Gasteiger partial charge >= 0.3 is 0 Å². The van der Waals surface area contributed by atoms with Crippen molar-refractivity contribution in [3.63, 3.8) is 0 Å². The monoisotopic (exact) mass is 336 g/mol. The Kier molecular flexibility index (Phi) is 4.78. The fourth-order valence-electron chi connectivity index (χ4n) is 3.79. The van der Waals surface area contributed by atoms with E-state index in [9.17, 15) is 14.3 Å². The Bertz CT molecular complexity index is 614. The molecular weight excluding hydrogens is 311 g/mol. The molecule has 5 nitrogen and oxygen atoms in total. The van der Waals surface area contributed by atoms with Gasteiger partial charge in [0.15, 0.2) is 11.6 Å². The minimum atomic E-state index is -0.770. The summed E-state index contributed by atoms with van der Waals surface area (Å²) in [5.41, 5.74) is 0.0256. The van der Waals surface area contributed by atoms with Gasteiger partial charge in [-0.15, -0.1) is 0 Å². The van der Waals surface area contributed by atoms with Crippen molar-refractivity contribution in [1.29, 1.82) is 0 Å². The second kappa shape index (κ2) is 6.69. The number of benzene rings is 1. The maximum absolute atomic E-state index is 13.7. The van der Waals surface area contributed by atoms with Crippen LogP contribution in [0.4, 0.5) is 4.39 Å². The number of likely N-dealkylation sites (N-methyl/N-ethyl adjacent to an activating group) is 1. The second-order valence-electron chi connectivity index (χ2n) is 7.22. The number of rotatable bonds is 3. The molecule has 24 heavy (non-hydrogen) atoms. The molecule has 2 aliphatic rings. The third kappa shape index (κ3) is 3.39. The molecule has 132 valence electrons. The standard InChI is InChI=1S/C18H25FN2O3/c1-20(2)10-14-11-24-18(7-3-4-8-18)12-21(14)17(23)13-5-6-16(22)15(19)9-13/h5-6,9,14,22H,3-4,7-8,10-12H2,1-2H3. The number of nitrogens with zero attached hydrogens (tertiary/aromatic N) is 2. The van der Waals surface area contributed by atoms with E-state index in [0.29, 0.717) is 19.7 Å². The van der Waals surface area contributed by atoms with E-state index in [2.05, 4.69) is 0 Å². The van der Waals surface area contributed by atoms with E-state index in [1.807, 2.05) is 23.9 Å². The van der Waals surface area contributed by atoms with Gasteiger partial charge in [-0.3, -0.25) is 4.79 Å². The van der Waals surface area contributed by atoms with E-state index in [4.69, 9.17) is 4.74 Å². The average Bonchev–Trinajstić information content (AvgIpc) is 2.99. The molecule has 1 saturated heterocycles. The highest BCUT2D eigenvalue weighted by Crippen LogP contribution is 2.37. The zero-order chi connectivity index (χ0) is 17.3. The molecule has 1 unspecified atom stereocenters. The van der Waals surface area contributed by atoms with E-state index < -0.39 is 11.6 Å². The number of hydrogen-bond donors (Lipinski definition) is 1. The van der Waals surface area contributed by atoms with Crippen LogP contribution in [0.25, 0.3) is 0 Å². The number of hydrogen-bond acceptors (Lipinski definition) is 4. The molecule has 1 aromatic rings. The lowest BCUT2D eigenvalue weighted by Gasteiger charge is -2.46. The number of morpholine rings is 1. The van der Waals surface area contributed by atoms with E-state index in [0.717, 1.165) is 31.7 Å². The third-order valence-electron chi connectivity index (χ3n) is 5.03. The molecule has 1 aliphatic carbocycles. The fraction of sp³-hybridized carbons (Fsp3) is 0.611. The van der Waals surface area contributed by atoms with Crippen LogP contribution in [0, 0.1) is 5.82 Å². The Morgan fingerprint density at radius 2 is 2.12 bits per heavy atom. The van der Waals surface area contributed by atoms with Crippen molar-refractivity contribution in [3.8, 4) is 5.75 Å². The van der Waals surface area contributed by atoms with Crippen molar-refractivity contribution in [1.82, 2.24) is 9.80 Å². The van der Waals surface area contributed by atoms with Gasteiger partial charge in [0.2, 0.25) is 0 Å². The summed E-state index contributed by atoms with van der Waals surface area (Å²) in [6.45, 7) is 1.75. The normalized spacial score (nSPS) is 23.2. The second-order valence-corrected chi connectivity index (χ2v) is 7.22. The first-order valence-corrected chi connectivity index (χ1v) is 8.48. The molecule has 1 N–H and O–H groups in total. The van der Waals surface area contributed by atoms with Crippen LogP contribution in [0.15, 0.2) is 18.2 Å². The Labute approximate surface area is 142 Å². The Hall–Kier alpha value is -1.66. The summed E-state index contributed by atoms with van der Waals surface area (Å²) in [7, 11) is 3.92. The first-order valence-electron chi connectivity index (χ1n) is 8.48. The topological polar surface area (TPSA) is 53.0 Å². The summed E-state index contributed by atoms with van der Waals surface area (Å²) in [5.74, 6) is -1.41. The highest BCUT2D eigenvalue weighted by atomic mass is 19.1. The number of halogens is 1. The maximum atomic E-state index is 13.7. The minimum Gasteiger partial charge on any atom is -0.505 e. The molecule has 6 heteroatoms. The number of phenolic OH excluding ortho intramolecular Hbond substituents is 1. The molecule has 1 heterocycles. The van der Waals surface area contributed by atoms with Crippen LogP contribution >= 0.6 is 0 Å². The molecular formula is C18H25FN2O3. The van der Waals surface area contributed by atoms with Gasteiger partial charge in [-0.25, -0.2) is 4.39 Å². The number of aromatic hydroxyl groups is 1. The van der Waals surface area contributed by atoms with E-state index in [-0.39, 0.29) is 23.1 Å².